The number of nitrogens with zero attached hydrogens (tertiary/aromatic N) is 2. The highest BCUT2D eigenvalue weighted by Crippen LogP contribution is 2.43. The maximum absolute atomic E-state index is 13.2. The fourth-order valence-corrected chi connectivity index (χ4v) is 3.81. The first-order valence-corrected chi connectivity index (χ1v) is 9.49. The molecule has 0 aromatic heterocycles. The third kappa shape index (κ3) is 3.83. The predicted molar refractivity (Wildman–Crippen MR) is 108 cm³/mol. The summed E-state index contributed by atoms with van der Waals surface area (Å²) < 4.78 is 40.2. The minimum atomic E-state index is -4.61. The molecule has 0 aliphatic carbocycles. The van der Waals surface area contributed by atoms with E-state index < -0.39 is 35.4 Å². The molecule has 0 bridgehead atoms. The van der Waals surface area contributed by atoms with Gasteiger partial charge in [-0.3, -0.25) is 14.5 Å². The lowest BCUT2D eigenvalue weighted by Gasteiger charge is -2.37. The van der Waals surface area contributed by atoms with E-state index in [4.69, 9.17) is 12.3 Å². The first-order valence-electron chi connectivity index (χ1n) is 8.70. The second-order valence-electron chi connectivity index (χ2n) is 6.71. The Labute approximate surface area is 178 Å². The molecule has 154 valence electrons. The molecule has 2 N–H and O–H groups in total. The molecule has 0 saturated heterocycles. The molecule has 9 heteroatoms. The van der Waals surface area contributed by atoms with Crippen molar-refractivity contribution < 1.29 is 22.8 Å². The highest BCUT2D eigenvalue weighted by Gasteiger charge is 2.46. The summed E-state index contributed by atoms with van der Waals surface area (Å²) in [5.41, 5.74) is 5.23. The highest BCUT2D eigenvalue weighted by molar-refractivity contribution is 9.10. The maximum atomic E-state index is 13.2. The lowest BCUT2D eigenvalue weighted by Crippen LogP contribution is -2.48. The van der Waals surface area contributed by atoms with Crippen LogP contribution in [0.1, 0.15) is 24.0 Å². The van der Waals surface area contributed by atoms with Gasteiger partial charge < -0.3 is 5.73 Å². The molecular formula is C21H15BrF3N3O2. The Bertz CT molecular complexity index is 1090. The van der Waals surface area contributed by atoms with Crippen LogP contribution in [0.25, 0.3) is 4.85 Å². The van der Waals surface area contributed by atoms with E-state index in [1.165, 1.54) is 13.0 Å². The molecule has 0 radical (unpaired) electrons. The maximum Gasteiger partial charge on any atom is 0.416 e. The van der Waals surface area contributed by atoms with Crippen LogP contribution >= 0.6 is 15.9 Å². The van der Waals surface area contributed by atoms with E-state index in [1.54, 1.807) is 24.3 Å². The molecule has 2 atom stereocenters. The Morgan fingerprint density at radius 1 is 1.20 bits per heavy atom. The van der Waals surface area contributed by atoms with Crippen LogP contribution in [0.3, 0.4) is 0 Å². The Morgan fingerprint density at radius 3 is 2.37 bits per heavy atom. The number of benzene rings is 2. The number of rotatable bonds is 3. The molecule has 0 fully saturated rings. The van der Waals surface area contributed by atoms with E-state index in [2.05, 4.69) is 20.8 Å². The lowest BCUT2D eigenvalue weighted by molar-refractivity contribution is -0.138. The first kappa shape index (κ1) is 21.6. The summed E-state index contributed by atoms with van der Waals surface area (Å²) in [5.74, 6) is -4.10. The second-order valence-corrected chi connectivity index (χ2v) is 7.63. The van der Waals surface area contributed by atoms with Crippen molar-refractivity contribution in [2.45, 2.75) is 19.0 Å². The molecule has 1 aliphatic rings. The van der Waals surface area contributed by atoms with Crippen molar-refractivity contribution in [1.29, 1.82) is 0 Å². The molecule has 3 rings (SSSR count). The summed E-state index contributed by atoms with van der Waals surface area (Å²) in [6, 6.07) is 10.9. The quantitative estimate of drug-likeness (QED) is 0.507. The number of anilines is 1. The zero-order valence-electron chi connectivity index (χ0n) is 15.6. The predicted octanol–water partition coefficient (Wildman–Crippen LogP) is 4.85. The molecular weight excluding hydrogens is 463 g/mol. The van der Waals surface area contributed by atoms with E-state index in [0.717, 1.165) is 27.6 Å². The summed E-state index contributed by atoms with van der Waals surface area (Å²) in [4.78, 5) is 30.0. The lowest BCUT2D eigenvalue weighted by atomic mass is 9.78. The third-order valence-corrected chi connectivity index (χ3v) is 5.44. The van der Waals surface area contributed by atoms with E-state index in [9.17, 15) is 22.8 Å². The number of carbonyl (C=O) groups excluding carboxylic acids is 2. The van der Waals surface area contributed by atoms with Crippen molar-refractivity contribution in [3.05, 3.63) is 86.9 Å². The minimum Gasteiger partial charge on any atom is -0.369 e. The Kier molecular flexibility index (Phi) is 5.72. The van der Waals surface area contributed by atoms with Gasteiger partial charge in [0.2, 0.25) is 11.8 Å². The fraction of sp³-hybridized carbons (Fsp3) is 0.190. The number of hydrogen-bond donors (Lipinski definition) is 1. The number of carbonyl (C=O) groups is 2. The standard InChI is InChI=1S/C21H15BrF3N3O2/c1-11-18(27-2)16(12-6-8-14(22)9-7-12)17(19(26)29)20(30)28(11)15-5-3-4-13(10-15)21(23,24)25/h3-10,16-17H,1H3,(H2,26,29). The number of amides is 2. The topological polar surface area (TPSA) is 67.8 Å². The van der Waals surface area contributed by atoms with Gasteiger partial charge in [-0.2, -0.15) is 13.2 Å². The van der Waals surface area contributed by atoms with Crippen molar-refractivity contribution >= 4 is 33.4 Å². The number of primary amides is 1. The fourth-order valence-electron chi connectivity index (χ4n) is 3.54. The van der Waals surface area contributed by atoms with Crippen LogP contribution in [0.4, 0.5) is 18.9 Å². The normalized spacial score (nSPS) is 19.6. The van der Waals surface area contributed by atoms with Gasteiger partial charge in [0.25, 0.3) is 0 Å². The summed E-state index contributed by atoms with van der Waals surface area (Å²) in [6.07, 6.45) is -4.61. The van der Waals surface area contributed by atoms with Crippen LogP contribution in [0, 0.1) is 12.5 Å². The highest BCUT2D eigenvalue weighted by atomic mass is 79.9. The van der Waals surface area contributed by atoms with Crippen molar-refractivity contribution in [3.8, 4) is 0 Å². The molecule has 30 heavy (non-hydrogen) atoms. The zero-order valence-corrected chi connectivity index (χ0v) is 17.2. The van der Waals surface area contributed by atoms with Crippen LogP contribution < -0.4 is 10.6 Å². The second kappa shape index (κ2) is 7.95. The zero-order chi connectivity index (χ0) is 22.2. The van der Waals surface area contributed by atoms with E-state index in [0.29, 0.717) is 5.56 Å². The third-order valence-electron chi connectivity index (χ3n) is 4.91. The average molecular weight is 478 g/mol. The van der Waals surface area contributed by atoms with Crippen LogP contribution in [0.5, 0.6) is 0 Å². The number of alkyl halides is 3. The molecule has 1 aliphatic heterocycles. The summed E-state index contributed by atoms with van der Waals surface area (Å²) >= 11 is 3.30. The smallest absolute Gasteiger partial charge is 0.369 e. The van der Waals surface area contributed by atoms with Gasteiger partial charge >= 0.3 is 6.18 Å². The van der Waals surface area contributed by atoms with Crippen LogP contribution in [0.15, 0.2) is 64.4 Å². The SMILES string of the molecule is [C-]#[N+]C1=C(C)N(c2cccc(C(F)(F)F)c2)C(=O)C(C(N)=O)C1c1ccc(Br)cc1. The monoisotopic (exact) mass is 477 g/mol. The van der Waals surface area contributed by atoms with Crippen LogP contribution in [0.2, 0.25) is 0 Å². The van der Waals surface area contributed by atoms with Gasteiger partial charge in [0.1, 0.15) is 5.92 Å². The molecule has 2 unspecified atom stereocenters. The van der Waals surface area contributed by atoms with Gasteiger partial charge in [-0.25, -0.2) is 4.85 Å². The van der Waals surface area contributed by atoms with Gasteiger partial charge in [-0.1, -0.05) is 34.1 Å². The van der Waals surface area contributed by atoms with Gasteiger partial charge in [0, 0.05) is 21.8 Å². The Hall–Kier alpha value is -3.12. The summed E-state index contributed by atoms with van der Waals surface area (Å²) in [6.45, 7) is 9.10. The number of hydrogen-bond acceptors (Lipinski definition) is 2. The molecule has 5 nitrogen and oxygen atoms in total. The van der Waals surface area contributed by atoms with Crippen molar-refractivity contribution in [1.82, 2.24) is 0 Å². The minimum absolute atomic E-state index is 0.0677. The van der Waals surface area contributed by atoms with Gasteiger partial charge in [0.05, 0.1) is 12.1 Å². The Morgan fingerprint density at radius 2 is 1.83 bits per heavy atom. The van der Waals surface area contributed by atoms with Crippen molar-refractivity contribution in [2.24, 2.45) is 11.7 Å². The first-order chi connectivity index (χ1) is 14.1. The average Bonchev–Trinajstić information content (AvgIpc) is 2.67. The van der Waals surface area contributed by atoms with Gasteiger partial charge in [-0.05, 0) is 42.8 Å². The van der Waals surface area contributed by atoms with Gasteiger partial charge in [0.15, 0.2) is 5.70 Å². The summed E-state index contributed by atoms with van der Waals surface area (Å²) in [5, 5.41) is 0. The molecule has 0 spiro atoms. The number of allylic oxidation sites excluding steroid dienone is 2. The molecule has 1 heterocycles. The number of nitrogens with two attached hydrogens (primary N) is 1. The van der Waals surface area contributed by atoms with E-state index >= 15 is 0 Å². The van der Waals surface area contributed by atoms with Crippen molar-refractivity contribution in [3.63, 3.8) is 0 Å². The van der Waals surface area contributed by atoms with Crippen molar-refractivity contribution in [2.75, 3.05) is 4.90 Å². The molecule has 0 saturated carbocycles. The molecule has 2 amide bonds. The van der Waals surface area contributed by atoms with Crippen LogP contribution in [-0.2, 0) is 15.8 Å². The molecule has 2 aromatic rings. The summed E-state index contributed by atoms with van der Waals surface area (Å²) in [7, 11) is 0. The number of halogens is 4. The van der Waals surface area contributed by atoms with E-state index in [1.807, 2.05) is 0 Å². The van der Waals surface area contributed by atoms with E-state index in [-0.39, 0.29) is 17.1 Å². The largest absolute Gasteiger partial charge is 0.416 e. The van der Waals surface area contributed by atoms with Crippen LogP contribution in [-0.4, -0.2) is 11.8 Å². The molecule has 2 aromatic carbocycles. The Balaban J connectivity index is 2.22. The van der Waals surface area contributed by atoms with Gasteiger partial charge in [-0.15, -0.1) is 0 Å².